The van der Waals surface area contributed by atoms with Crippen LogP contribution in [-0.4, -0.2) is 49.6 Å². The van der Waals surface area contributed by atoms with Gasteiger partial charge in [-0.25, -0.2) is 4.39 Å². The fraction of sp³-hybridized carbons (Fsp3) is 0.314. The van der Waals surface area contributed by atoms with Crippen LogP contribution in [0.2, 0.25) is 0 Å². The van der Waals surface area contributed by atoms with Crippen LogP contribution in [0.15, 0.2) is 79.1 Å². The van der Waals surface area contributed by atoms with Crippen LogP contribution >= 0.6 is 0 Å². The summed E-state index contributed by atoms with van der Waals surface area (Å²) >= 11 is 0. The molecule has 232 valence electrons. The van der Waals surface area contributed by atoms with E-state index in [0.29, 0.717) is 28.4 Å². The van der Waals surface area contributed by atoms with E-state index < -0.39 is 11.5 Å². The zero-order chi connectivity index (χ0) is 31.7. The molecule has 9 nitrogen and oxygen atoms in total. The average Bonchev–Trinajstić information content (AvgIpc) is 3.63. The highest BCUT2D eigenvalue weighted by Crippen LogP contribution is 2.31. The molecular weight excluding hydrogens is 571 g/mol. The van der Waals surface area contributed by atoms with Crippen molar-refractivity contribution >= 4 is 34.2 Å². The number of fused-ring (bicyclic) bond motifs is 1. The number of nitrogens with zero attached hydrogens (tertiary/aromatic N) is 5. The molecule has 3 heterocycles. The first-order chi connectivity index (χ1) is 21.5. The summed E-state index contributed by atoms with van der Waals surface area (Å²) in [5, 5.41) is 22.4. The number of aromatic nitrogens is 4. The second-order valence-corrected chi connectivity index (χ2v) is 12.7. The topological polar surface area (TPSA) is 105 Å². The van der Waals surface area contributed by atoms with E-state index in [4.69, 9.17) is 5.11 Å². The van der Waals surface area contributed by atoms with Gasteiger partial charge < -0.3 is 15.3 Å². The molecule has 0 saturated carbocycles. The Hall–Kier alpha value is -4.99. The predicted octanol–water partition coefficient (Wildman–Crippen LogP) is 6.59. The molecular formula is C35H37FN6O3. The van der Waals surface area contributed by atoms with Gasteiger partial charge in [-0.05, 0) is 99.7 Å². The zero-order valence-electron chi connectivity index (χ0n) is 25.7. The van der Waals surface area contributed by atoms with Crippen LogP contribution in [0.5, 0.6) is 0 Å². The molecule has 1 aliphatic heterocycles. The lowest BCUT2D eigenvalue weighted by Crippen LogP contribution is -2.35. The quantitative estimate of drug-likeness (QED) is 0.206. The molecule has 5 aromatic rings. The maximum absolute atomic E-state index is 13.7. The van der Waals surface area contributed by atoms with Crippen molar-refractivity contribution in [2.45, 2.75) is 52.1 Å². The smallest absolute Gasteiger partial charge is 0.307 e. The Kier molecular flexibility index (Phi) is 8.14. The highest BCUT2D eigenvalue weighted by atomic mass is 19.1. The number of rotatable bonds is 8. The van der Waals surface area contributed by atoms with Crippen LogP contribution < -0.4 is 10.2 Å². The Labute approximate surface area is 261 Å². The molecule has 10 heteroatoms. The third-order valence-electron chi connectivity index (χ3n) is 8.35. The molecule has 45 heavy (non-hydrogen) atoms. The number of nitrogens with one attached hydrogen (secondary N) is 1. The number of halogens is 1. The number of benzene rings is 3. The van der Waals surface area contributed by atoms with Crippen LogP contribution in [-0.2, 0) is 23.3 Å². The lowest BCUT2D eigenvalue weighted by Gasteiger charge is -2.34. The number of carbonyl (C=O) groups is 2. The van der Waals surface area contributed by atoms with E-state index in [-0.39, 0.29) is 18.1 Å². The van der Waals surface area contributed by atoms with Crippen molar-refractivity contribution < 1.29 is 19.1 Å². The Morgan fingerprint density at radius 3 is 2.44 bits per heavy atom. The first-order valence-electron chi connectivity index (χ1n) is 15.2. The minimum Gasteiger partial charge on any atom is -0.481 e. The zero-order valence-corrected chi connectivity index (χ0v) is 25.7. The Bertz CT molecular complexity index is 1850. The van der Waals surface area contributed by atoms with E-state index in [2.05, 4.69) is 20.4 Å². The summed E-state index contributed by atoms with van der Waals surface area (Å²) in [6, 6.07) is 19.7. The molecule has 1 aliphatic rings. The van der Waals surface area contributed by atoms with Crippen LogP contribution in [0.3, 0.4) is 0 Å². The third kappa shape index (κ3) is 6.60. The highest BCUT2D eigenvalue weighted by molar-refractivity contribution is 6.08. The molecule has 2 N–H and O–H groups in total. The second kappa shape index (κ2) is 12.2. The number of carboxylic acid groups (broad SMARTS) is 1. The molecule has 0 aliphatic carbocycles. The fourth-order valence-corrected chi connectivity index (χ4v) is 6.06. The number of carbonyl (C=O) groups excluding carboxylic acids is 1. The molecule has 0 spiro atoms. The number of aliphatic carboxylic acids is 1. The molecule has 1 saturated heterocycles. The molecule has 0 unspecified atom stereocenters. The Morgan fingerprint density at radius 2 is 1.73 bits per heavy atom. The van der Waals surface area contributed by atoms with Gasteiger partial charge in [0, 0.05) is 42.0 Å². The fourth-order valence-electron chi connectivity index (χ4n) is 6.06. The highest BCUT2D eigenvalue weighted by Gasteiger charge is 2.26. The van der Waals surface area contributed by atoms with Crippen molar-refractivity contribution in [3.8, 4) is 11.3 Å². The monoisotopic (exact) mass is 608 g/mol. The van der Waals surface area contributed by atoms with Crippen molar-refractivity contribution in [1.29, 1.82) is 0 Å². The van der Waals surface area contributed by atoms with Gasteiger partial charge in [0.1, 0.15) is 5.82 Å². The lowest BCUT2D eigenvalue weighted by atomic mass is 9.96. The van der Waals surface area contributed by atoms with Crippen LogP contribution in [0.4, 0.5) is 15.8 Å². The first-order valence-corrected chi connectivity index (χ1v) is 15.2. The molecule has 3 aromatic carbocycles. The van der Waals surface area contributed by atoms with Gasteiger partial charge in [-0.1, -0.05) is 12.1 Å². The number of hydrogen-bond donors (Lipinski definition) is 2. The van der Waals surface area contributed by atoms with E-state index >= 15 is 0 Å². The van der Waals surface area contributed by atoms with Crippen molar-refractivity contribution in [1.82, 2.24) is 19.6 Å². The second-order valence-electron chi connectivity index (χ2n) is 12.7. The van der Waals surface area contributed by atoms with E-state index in [1.165, 1.54) is 12.1 Å². The van der Waals surface area contributed by atoms with E-state index in [1.54, 1.807) is 23.0 Å². The summed E-state index contributed by atoms with van der Waals surface area (Å²) in [5.74, 6) is -1.03. The Balaban J connectivity index is 1.16. The molecule has 6 rings (SSSR count). The molecule has 0 bridgehead atoms. The maximum Gasteiger partial charge on any atom is 0.307 e. The molecule has 1 fully saturated rings. The van der Waals surface area contributed by atoms with Gasteiger partial charge in [0.25, 0.3) is 5.91 Å². The van der Waals surface area contributed by atoms with Crippen LogP contribution in [0.1, 0.15) is 49.5 Å². The van der Waals surface area contributed by atoms with Gasteiger partial charge >= 0.3 is 5.97 Å². The largest absolute Gasteiger partial charge is 0.481 e. The molecule has 1 amide bonds. The van der Waals surface area contributed by atoms with Crippen molar-refractivity contribution in [3.05, 3.63) is 96.1 Å². The first kappa shape index (κ1) is 30.1. The summed E-state index contributed by atoms with van der Waals surface area (Å²) in [5.41, 5.74) is 4.82. The summed E-state index contributed by atoms with van der Waals surface area (Å²) in [4.78, 5) is 27.1. The number of piperidine rings is 1. The van der Waals surface area contributed by atoms with Gasteiger partial charge in [-0.2, -0.15) is 10.2 Å². The van der Waals surface area contributed by atoms with Crippen molar-refractivity contribution in [3.63, 3.8) is 0 Å². The number of carboxylic acids is 1. The van der Waals surface area contributed by atoms with E-state index in [1.807, 2.05) is 74.1 Å². The van der Waals surface area contributed by atoms with Crippen molar-refractivity contribution in [2.24, 2.45) is 5.92 Å². The molecule has 2 aromatic heterocycles. The minimum absolute atomic E-state index is 0.0229. The normalized spacial score (nSPS) is 14.2. The average molecular weight is 609 g/mol. The standard InChI is InChI=1S/C35H37FN6O3/c1-35(2,3)42-33(25-7-10-27(36)11-8-25)30(21-38-42)34(45)39-28-12-9-26-20-37-41(31(26)19-28)22-23-13-15-40(16-14-23)29-6-4-5-24(17-29)18-32(43)44/h4-12,17,19-21,23H,13-16,18,22H2,1-3H3,(H,39,45)(H,43,44). The van der Waals surface area contributed by atoms with Gasteiger partial charge in [0.2, 0.25) is 0 Å². The van der Waals surface area contributed by atoms with Crippen LogP contribution in [0.25, 0.3) is 22.2 Å². The number of anilines is 2. The van der Waals surface area contributed by atoms with E-state index in [9.17, 15) is 14.0 Å². The molecule has 0 radical (unpaired) electrons. The third-order valence-corrected chi connectivity index (χ3v) is 8.35. The Morgan fingerprint density at radius 1 is 0.978 bits per heavy atom. The minimum atomic E-state index is -0.827. The predicted molar refractivity (Wildman–Crippen MR) is 173 cm³/mol. The van der Waals surface area contributed by atoms with Gasteiger partial charge in [-0.3, -0.25) is 19.0 Å². The summed E-state index contributed by atoms with van der Waals surface area (Å²) in [6.07, 6.45) is 5.42. The van der Waals surface area contributed by atoms with Gasteiger partial charge in [-0.15, -0.1) is 0 Å². The van der Waals surface area contributed by atoms with Gasteiger partial charge in [0.05, 0.1) is 41.1 Å². The summed E-state index contributed by atoms with van der Waals surface area (Å²) < 4.78 is 17.5. The number of hydrogen-bond acceptors (Lipinski definition) is 5. The van der Waals surface area contributed by atoms with Crippen molar-refractivity contribution in [2.75, 3.05) is 23.3 Å². The van der Waals surface area contributed by atoms with Gasteiger partial charge in [0.15, 0.2) is 0 Å². The summed E-state index contributed by atoms with van der Waals surface area (Å²) in [7, 11) is 0. The SMILES string of the molecule is CC(C)(C)n1ncc(C(=O)Nc2ccc3cnn(CC4CCN(c5cccc(CC(=O)O)c5)CC4)c3c2)c1-c1ccc(F)cc1. The number of amides is 1. The summed E-state index contributed by atoms with van der Waals surface area (Å²) in [6.45, 7) is 8.57. The van der Waals surface area contributed by atoms with E-state index in [0.717, 1.165) is 54.6 Å². The van der Waals surface area contributed by atoms with Crippen LogP contribution in [0, 0.1) is 11.7 Å². The maximum atomic E-state index is 13.7. The lowest BCUT2D eigenvalue weighted by molar-refractivity contribution is -0.136. The molecule has 0 atom stereocenters.